The SMILES string of the molecule is c1ccc(N=Nc2sc(N3N=C(c4ccc5ccccc5c4)CC3c3ccccc3)nc2-c2ccccc2)cc1. The molecule has 40 heavy (non-hydrogen) atoms. The van der Waals surface area contributed by atoms with E-state index in [9.17, 15) is 0 Å². The van der Waals surface area contributed by atoms with Crippen LogP contribution in [0.25, 0.3) is 22.0 Å². The molecule has 0 fully saturated rings. The van der Waals surface area contributed by atoms with Crippen LogP contribution in [0.5, 0.6) is 0 Å². The van der Waals surface area contributed by atoms with Gasteiger partial charge in [0.15, 0.2) is 5.00 Å². The van der Waals surface area contributed by atoms with Crippen LogP contribution >= 0.6 is 11.3 Å². The minimum atomic E-state index is 0.0244. The lowest BCUT2D eigenvalue weighted by atomic mass is 9.97. The molecule has 0 aliphatic carbocycles. The lowest BCUT2D eigenvalue weighted by Gasteiger charge is -2.21. The summed E-state index contributed by atoms with van der Waals surface area (Å²) in [6.45, 7) is 0. The molecule has 0 saturated carbocycles. The fourth-order valence-corrected chi connectivity index (χ4v) is 5.93. The third-order valence-corrected chi connectivity index (χ3v) is 7.96. The first kappa shape index (κ1) is 24.1. The molecule has 7 rings (SSSR count). The molecule has 0 saturated heterocycles. The van der Waals surface area contributed by atoms with Gasteiger partial charge < -0.3 is 0 Å². The van der Waals surface area contributed by atoms with E-state index in [2.05, 4.69) is 94.1 Å². The monoisotopic (exact) mass is 535 g/mol. The van der Waals surface area contributed by atoms with Crippen molar-refractivity contribution in [2.45, 2.75) is 12.5 Å². The fraction of sp³-hybridized carbons (Fsp3) is 0.0588. The summed E-state index contributed by atoms with van der Waals surface area (Å²) in [4.78, 5) is 5.11. The average Bonchev–Trinajstić information content (AvgIpc) is 3.66. The van der Waals surface area contributed by atoms with Crippen molar-refractivity contribution < 1.29 is 0 Å². The molecule has 5 nitrogen and oxygen atoms in total. The Morgan fingerprint density at radius 3 is 2.10 bits per heavy atom. The van der Waals surface area contributed by atoms with Crippen molar-refractivity contribution in [2.75, 3.05) is 5.01 Å². The highest BCUT2D eigenvalue weighted by molar-refractivity contribution is 7.19. The van der Waals surface area contributed by atoms with E-state index in [0.29, 0.717) is 0 Å². The normalized spacial score (nSPS) is 15.2. The van der Waals surface area contributed by atoms with Crippen molar-refractivity contribution in [3.05, 3.63) is 145 Å². The van der Waals surface area contributed by atoms with Gasteiger partial charge in [0.05, 0.1) is 17.4 Å². The van der Waals surface area contributed by atoms with E-state index < -0.39 is 0 Å². The lowest BCUT2D eigenvalue weighted by Crippen LogP contribution is -2.18. The number of hydrogen-bond acceptors (Lipinski definition) is 6. The van der Waals surface area contributed by atoms with Gasteiger partial charge in [-0.25, -0.2) is 9.99 Å². The summed E-state index contributed by atoms with van der Waals surface area (Å²) >= 11 is 1.52. The van der Waals surface area contributed by atoms with Gasteiger partial charge in [-0.2, -0.15) is 5.10 Å². The first-order chi connectivity index (χ1) is 19.8. The molecular formula is C34H25N5S. The summed E-state index contributed by atoms with van der Waals surface area (Å²) in [5.74, 6) is 0. The summed E-state index contributed by atoms with van der Waals surface area (Å²) in [6, 6.07) is 45.5. The van der Waals surface area contributed by atoms with Crippen LogP contribution in [0.15, 0.2) is 149 Å². The van der Waals surface area contributed by atoms with Crippen LogP contribution in [0.3, 0.4) is 0 Å². The maximum Gasteiger partial charge on any atom is 0.209 e. The second-order valence-electron chi connectivity index (χ2n) is 9.64. The second kappa shape index (κ2) is 10.7. The van der Waals surface area contributed by atoms with Crippen molar-refractivity contribution in [1.82, 2.24) is 4.98 Å². The minimum Gasteiger partial charge on any atom is -0.231 e. The van der Waals surface area contributed by atoms with Crippen LogP contribution in [0.1, 0.15) is 23.6 Å². The van der Waals surface area contributed by atoms with E-state index in [1.807, 2.05) is 54.6 Å². The first-order valence-corrected chi connectivity index (χ1v) is 14.1. The number of anilines is 1. The Bertz CT molecular complexity index is 1830. The molecule has 6 heteroatoms. The number of hydrogen-bond donors (Lipinski definition) is 0. The Hall–Kier alpha value is -4.94. The largest absolute Gasteiger partial charge is 0.231 e. The number of benzene rings is 5. The number of nitrogens with zero attached hydrogens (tertiary/aromatic N) is 5. The Kier molecular flexibility index (Phi) is 6.44. The number of aromatic nitrogens is 1. The van der Waals surface area contributed by atoms with Gasteiger partial charge >= 0.3 is 0 Å². The van der Waals surface area contributed by atoms with E-state index >= 15 is 0 Å². The minimum absolute atomic E-state index is 0.0244. The Morgan fingerprint density at radius 2 is 1.32 bits per heavy atom. The summed E-state index contributed by atoms with van der Waals surface area (Å²) in [5.41, 5.74) is 5.99. The Balaban J connectivity index is 1.33. The second-order valence-corrected chi connectivity index (χ2v) is 10.6. The van der Waals surface area contributed by atoms with E-state index in [1.165, 1.54) is 27.7 Å². The Morgan fingerprint density at radius 1 is 0.650 bits per heavy atom. The highest BCUT2D eigenvalue weighted by Gasteiger charge is 2.32. The van der Waals surface area contributed by atoms with Gasteiger partial charge in [0.1, 0.15) is 5.69 Å². The van der Waals surface area contributed by atoms with E-state index in [4.69, 9.17) is 10.1 Å². The third kappa shape index (κ3) is 4.81. The van der Waals surface area contributed by atoms with Crippen molar-refractivity contribution in [3.63, 3.8) is 0 Å². The van der Waals surface area contributed by atoms with Crippen molar-refractivity contribution in [2.24, 2.45) is 15.3 Å². The molecule has 0 amide bonds. The zero-order valence-electron chi connectivity index (χ0n) is 21.6. The molecule has 1 aliphatic rings. The molecule has 2 heterocycles. The van der Waals surface area contributed by atoms with Crippen molar-refractivity contribution >= 4 is 43.6 Å². The highest BCUT2D eigenvalue weighted by Crippen LogP contribution is 2.45. The van der Waals surface area contributed by atoms with Gasteiger partial charge in [-0.15, -0.1) is 10.2 Å². The summed E-state index contributed by atoms with van der Waals surface area (Å²) < 4.78 is 0. The molecule has 1 atom stereocenters. The molecule has 0 radical (unpaired) electrons. The van der Waals surface area contributed by atoms with Crippen LogP contribution in [0.2, 0.25) is 0 Å². The Labute approximate surface area is 236 Å². The molecular weight excluding hydrogens is 510 g/mol. The van der Waals surface area contributed by atoms with E-state index in [-0.39, 0.29) is 6.04 Å². The van der Waals surface area contributed by atoms with E-state index in [1.54, 1.807) is 0 Å². The van der Waals surface area contributed by atoms with Gasteiger partial charge in [-0.3, -0.25) is 0 Å². The number of rotatable bonds is 6. The quantitative estimate of drug-likeness (QED) is 0.199. The zero-order chi connectivity index (χ0) is 26.7. The maximum absolute atomic E-state index is 5.19. The topological polar surface area (TPSA) is 53.2 Å². The molecule has 0 bridgehead atoms. The lowest BCUT2D eigenvalue weighted by molar-refractivity contribution is 0.706. The van der Waals surface area contributed by atoms with Crippen molar-refractivity contribution in [3.8, 4) is 11.3 Å². The highest BCUT2D eigenvalue weighted by atomic mass is 32.1. The summed E-state index contributed by atoms with van der Waals surface area (Å²) in [6.07, 6.45) is 0.781. The smallest absolute Gasteiger partial charge is 0.209 e. The summed E-state index contributed by atoms with van der Waals surface area (Å²) in [5, 5.41) is 20.4. The average molecular weight is 536 g/mol. The van der Waals surface area contributed by atoms with Gasteiger partial charge in [-0.1, -0.05) is 127 Å². The van der Waals surface area contributed by atoms with Gasteiger partial charge in [0.25, 0.3) is 0 Å². The molecule has 192 valence electrons. The molecule has 0 spiro atoms. The predicted molar refractivity (Wildman–Crippen MR) is 165 cm³/mol. The van der Waals surface area contributed by atoms with Gasteiger partial charge in [-0.05, 0) is 40.1 Å². The summed E-state index contributed by atoms with van der Waals surface area (Å²) in [7, 11) is 0. The number of azo groups is 1. The van der Waals surface area contributed by atoms with Crippen LogP contribution in [-0.2, 0) is 0 Å². The molecule has 1 unspecified atom stereocenters. The number of thiazole rings is 1. The standard InChI is InChI=1S/C34H25N5S/c1-4-13-25(14-5-1)31-23-30(28-21-20-24-12-10-11-17-27(24)22-28)38-39(31)34-35-32(26-15-6-2-7-16-26)33(40-34)37-36-29-18-8-3-9-19-29/h1-22,31H,23H2. The van der Waals surface area contributed by atoms with Gasteiger partial charge in [0, 0.05) is 12.0 Å². The zero-order valence-corrected chi connectivity index (χ0v) is 22.4. The molecule has 5 aromatic carbocycles. The maximum atomic E-state index is 5.19. The third-order valence-electron chi connectivity index (χ3n) is 7.03. The van der Waals surface area contributed by atoms with E-state index in [0.717, 1.165) is 44.8 Å². The van der Waals surface area contributed by atoms with Crippen LogP contribution < -0.4 is 5.01 Å². The molecule has 1 aromatic heterocycles. The van der Waals surface area contributed by atoms with Crippen LogP contribution in [0, 0.1) is 0 Å². The molecule has 0 N–H and O–H groups in total. The molecule has 6 aromatic rings. The molecule has 1 aliphatic heterocycles. The fourth-order valence-electron chi connectivity index (χ4n) is 5.01. The number of hydrazone groups is 1. The van der Waals surface area contributed by atoms with Crippen LogP contribution in [0.4, 0.5) is 15.8 Å². The number of fused-ring (bicyclic) bond motifs is 1. The van der Waals surface area contributed by atoms with Crippen LogP contribution in [-0.4, -0.2) is 10.7 Å². The predicted octanol–water partition coefficient (Wildman–Crippen LogP) is 9.73. The van der Waals surface area contributed by atoms with Crippen molar-refractivity contribution in [1.29, 1.82) is 0 Å². The first-order valence-electron chi connectivity index (χ1n) is 13.3. The van der Waals surface area contributed by atoms with Gasteiger partial charge in [0.2, 0.25) is 5.13 Å².